The highest BCUT2D eigenvalue weighted by molar-refractivity contribution is 9.10. The van der Waals surface area contributed by atoms with E-state index in [1.165, 1.54) is 11.8 Å². The van der Waals surface area contributed by atoms with Gasteiger partial charge in [-0.05, 0) is 40.5 Å². The van der Waals surface area contributed by atoms with E-state index in [-0.39, 0.29) is 5.97 Å². The minimum Gasteiger partial charge on any atom is -0.465 e. The van der Waals surface area contributed by atoms with Crippen molar-refractivity contribution in [3.05, 3.63) is 28.2 Å². The molecule has 0 heterocycles. The van der Waals surface area contributed by atoms with E-state index in [1.807, 2.05) is 18.2 Å². The molecule has 5 heteroatoms. The third kappa shape index (κ3) is 4.15. The lowest BCUT2D eigenvalue weighted by Gasteiger charge is -2.06. The molecule has 88 valence electrons. The second-order valence-corrected chi connectivity index (χ2v) is 4.93. The zero-order valence-electron chi connectivity index (χ0n) is 9.03. The van der Waals surface area contributed by atoms with E-state index < -0.39 is 0 Å². The molecular weight excluding hydrogens is 290 g/mol. The van der Waals surface area contributed by atoms with Crippen LogP contribution in [0.15, 0.2) is 27.6 Å². The first-order valence-corrected chi connectivity index (χ1v) is 6.72. The summed E-state index contributed by atoms with van der Waals surface area (Å²) in [4.78, 5) is 12.2. The first-order valence-electron chi connectivity index (χ1n) is 4.94. The van der Waals surface area contributed by atoms with Crippen LogP contribution in [-0.2, 0) is 16.1 Å². The number of benzene rings is 1. The molecule has 1 aromatic rings. The number of thioether (sulfide) groups is 1. The van der Waals surface area contributed by atoms with Crippen molar-refractivity contribution in [1.82, 2.24) is 0 Å². The van der Waals surface area contributed by atoms with Gasteiger partial charge in [0.15, 0.2) is 0 Å². The van der Waals surface area contributed by atoms with Crippen LogP contribution in [0.2, 0.25) is 0 Å². The molecule has 0 spiro atoms. The third-order valence-corrected chi connectivity index (χ3v) is 3.85. The van der Waals surface area contributed by atoms with Gasteiger partial charge in [0.25, 0.3) is 0 Å². The first kappa shape index (κ1) is 13.5. The number of ether oxygens (including phenoxy) is 1. The van der Waals surface area contributed by atoms with Gasteiger partial charge in [0.2, 0.25) is 0 Å². The summed E-state index contributed by atoms with van der Waals surface area (Å²) in [6.07, 6.45) is 0. The molecule has 0 amide bonds. The Labute approximate surface area is 108 Å². The van der Waals surface area contributed by atoms with Crippen LogP contribution in [0.25, 0.3) is 0 Å². The Bertz CT molecular complexity index is 371. The van der Waals surface area contributed by atoms with Gasteiger partial charge in [-0.25, -0.2) is 0 Å². The average Bonchev–Trinajstić information content (AvgIpc) is 2.27. The fourth-order valence-electron chi connectivity index (χ4n) is 1.13. The minimum absolute atomic E-state index is 0.192. The largest absolute Gasteiger partial charge is 0.465 e. The van der Waals surface area contributed by atoms with Crippen LogP contribution in [0.1, 0.15) is 12.5 Å². The van der Waals surface area contributed by atoms with E-state index in [0.717, 1.165) is 14.9 Å². The Morgan fingerprint density at radius 3 is 2.88 bits per heavy atom. The van der Waals surface area contributed by atoms with E-state index in [1.54, 1.807) is 6.92 Å². The number of halogens is 1. The van der Waals surface area contributed by atoms with Gasteiger partial charge < -0.3 is 10.5 Å². The molecular formula is C11H14BrNO2S. The Kier molecular flexibility index (Phi) is 5.87. The van der Waals surface area contributed by atoms with Crippen LogP contribution >= 0.6 is 27.7 Å². The van der Waals surface area contributed by atoms with Crippen molar-refractivity contribution in [1.29, 1.82) is 0 Å². The number of carbonyl (C=O) groups is 1. The molecule has 0 aliphatic carbocycles. The van der Waals surface area contributed by atoms with Crippen LogP contribution in [0, 0.1) is 0 Å². The first-order chi connectivity index (χ1) is 7.67. The third-order valence-electron chi connectivity index (χ3n) is 1.88. The van der Waals surface area contributed by atoms with Crippen molar-refractivity contribution in [2.75, 3.05) is 12.4 Å². The second-order valence-electron chi connectivity index (χ2n) is 3.06. The summed E-state index contributed by atoms with van der Waals surface area (Å²) in [5.74, 6) is 0.135. The monoisotopic (exact) mass is 303 g/mol. The van der Waals surface area contributed by atoms with Crippen LogP contribution in [0.4, 0.5) is 0 Å². The molecule has 2 N–H and O–H groups in total. The van der Waals surface area contributed by atoms with Gasteiger partial charge in [-0.3, -0.25) is 4.79 Å². The molecule has 1 rings (SSSR count). The van der Waals surface area contributed by atoms with Gasteiger partial charge in [-0.2, -0.15) is 0 Å². The number of nitrogens with two attached hydrogens (primary N) is 1. The molecule has 0 radical (unpaired) electrons. The molecule has 0 unspecified atom stereocenters. The molecule has 1 aromatic carbocycles. The van der Waals surface area contributed by atoms with Gasteiger partial charge in [0, 0.05) is 15.9 Å². The molecule has 0 atom stereocenters. The maximum Gasteiger partial charge on any atom is 0.316 e. The standard InChI is InChI=1S/C11H14BrNO2S/c1-2-15-11(14)7-16-10-4-3-8(6-13)5-9(10)12/h3-5H,2,6-7,13H2,1H3. The smallest absolute Gasteiger partial charge is 0.316 e. The number of carbonyl (C=O) groups excluding carboxylic acids is 1. The maximum absolute atomic E-state index is 11.2. The summed E-state index contributed by atoms with van der Waals surface area (Å²) in [7, 11) is 0. The summed E-state index contributed by atoms with van der Waals surface area (Å²) in [5.41, 5.74) is 6.59. The summed E-state index contributed by atoms with van der Waals surface area (Å²) in [6.45, 7) is 2.74. The van der Waals surface area contributed by atoms with E-state index >= 15 is 0 Å². The van der Waals surface area contributed by atoms with E-state index in [2.05, 4.69) is 15.9 Å². The van der Waals surface area contributed by atoms with Gasteiger partial charge >= 0.3 is 5.97 Å². The predicted octanol–water partition coefficient (Wildman–Crippen LogP) is 2.56. The maximum atomic E-state index is 11.2. The zero-order chi connectivity index (χ0) is 12.0. The minimum atomic E-state index is -0.192. The Hall–Kier alpha value is -0.520. The number of esters is 1. The quantitative estimate of drug-likeness (QED) is 0.671. The fraction of sp³-hybridized carbons (Fsp3) is 0.364. The molecule has 0 aromatic heterocycles. The lowest BCUT2D eigenvalue weighted by Crippen LogP contribution is -2.06. The van der Waals surface area contributed by atoms with Crippen molar-refractivity contribution in [3.8, 4) is 0 Å². The normalized spacial score (nSPS) is 10.2. The average molecular weight is 304 g/mol. The summed E-state index contributed by atoms with van der Waals surface area (Å²) >= 11 is 4.90. The number of hydrogen-bond acceptors (Lipinski definition) is 4. The molecule has 0 aliphatic heterocycles. The predicted molar refractivity (Wildman–Crippen MR) is 69.4 cm³/mol. The molecule has 0 bridgehead atoms. The number of rotatable bonds is 5. The molecule has 3 nitrogen and oxygen atoms in total. The summed E-state index contributed by atoms with van der Waals surface area (Å²) < 4.78 is 5.82. The topological polar surface area (TPSA) is 52.3 Å². The highest BCUT2D eigenvalue weighted by Crippen LogP contribution is 2.28. The van der Waals surface area contributed by atoms with E-state index in [9.17, 15) is 4.79 Å². The zero-order valence-corrected chi connectivity index (χ0v) is 11.4. The highest BCUT2D eigenvalue weighted by Gasteiger charge is 2.06. The van der Waals surface area contributed by atoms with Crippen LogP contribution < -0.4 is 5.73 Å². The molecule has 0 saturated heterocycles. The Morgan fingerprint density at radius 2 is 2.31 bits per heavy atom. The molecule has 16 heavy (non-hydrogen) atoms. The van der Waals surface area contributed by atoms with Gasteiger partial charge in [0.05, 0.1) is 12.4 Å². The Balaban J connectivity index is 2.57. The van der Waals surface area contributed by atoms with Crippen LogP contribution in [0.5, 0.6) is 0 Å². The van der Waals surface area contributed by atoms with Gasteiger partial charge in [-0.1, -0.05) is 6.07 Å². The lowest BCUT2D eigenvalue weighted by molar-refractivity contribution is -0.139. The van der Waals surface area contributed by atoms with E-state index in [0.29, 0.717) is 18.9 Å². The lowest BCUT2D eigenvalue weighted by atomic mass is 10.2. The summed E-state index contributed by atoms with van der Waals surface area (Å²) in [6, 6.07) is 5.88. The SMILES string of the molecule is CCOC(=O)CSc1ccc(CN)cc1Br. The van der Waals surface area contributed by atoms with Gasteiger partial charge in [-0.15, -0.1) is 11.8 Å². The van der Waals surface area contributed by atoms with Gasteiger partial charge in [0.1, 0.15) is 0 Å². The Morgan fingerprint density at radius 1 is 1.56 bits per heavy atom. The molecule has 0 fully saturated rings. The van der Waals surface area contributed by atoms with Crippen molar-refractivity contribution in [2.45, 2.75) is 18.4 Å². The van der Waals surface area contributed by atoms with Crippen LogP contribution in [-0.4, -0.2) is 18.3 Å². The van der Waals surface area contributed by atoms with Crippen molar-refractivity contribution in [3.63, 3.8) is 0 Å². The van der Waals surface area contributed by atoms with Crippen molar-refractivity contribution >= 4 is 33.7 Å². The summed E-state index contributed by atoms with van der Waals surface area (Å²) in [5, 5.41) is 0. The highest BCUT2D eigenvalue weighted by atomic mass is 79.9. The van der Waals surface area contributed by atoms with E-state index in [4.69, 9.17) is 10.5 Å². The fourth-order valence-corrected chi connectivity index (χ4v) is 2.62. The molecule has 0 saturated carbocycles. The molecule has 0 aliphatic rings. The second kappa shape index (κ2) is 6.93. The van der Waals surface area contributed by atoms with Crippen LogP contribution in [0.3, 0.4) is 0 Å². The number of hydrogen-bond donors (Lipinski definition) is 1. The van der Waals surface area contributed by atoms with Crippen molar-refractivity contribution < 1.29 is 9.53 Å². The van der Waals surface area contributed by atoms with Crippen molar-refractivity contribution in [2.24, 2.45) is 5.73 Å².